The zero-order chi connectivity index (χ0) is 15.2. The second-order valence-corrected chi connectivity index (χ2v) is 4.61. The summed E-state index contributed by atoms with van der Waals surface area (Å²) < 4.78 is 0. The lowest BCUT2D eigenvalue weighted by molar-refractivity contribution is -0.122. The Bertz CT molecular complexity index is 624. The van der Waals surface area contributed by atoms with E-state index in [1.54, 1.807) is 24.3 Å². The van der Waals surface area contributed by atoms with Crippen LogP contribution in [0, 0.1) is 0 Å². The first kappa shape index (κ1) is 14.7. The van der Waals surface area contributed by atoms with E-state index in [1.165, 1.54) is 12.1 Å². The van der Waals surface area contributed by atoms with E-state index < -0.39 is 12.0 Å². The van der Waals surface area contributed by atoms with Gasteiger partial charge in [0, 0.05) is 6.54 Å². The molecule has 0 aromatic heterocycles. The molecule has 1 amide bonds. The summed E-state index contributed by atoms with van der Waals surface area (Å²) >= 11 is 0. The van der Waals surface area contributed by atoms with E-state index in [-0.39, 0.29) is 11.5 Å². The molecule has 0 saturated carbocycles. The van der Waals surface area contributed by atoms with Crippen molar-refractivity contribution in [2.75, 3.05) is 0 Å². The number of benzene rings is 2. The summed E-state index contributed by atoms with van der Waals surface area (Å²) in [5, 5.41) is 11.5. The van der Waals surface area contributed by atoms with Crippen LogP contribution in [0.5, 0.6) is 0 Å². The fourth-order valence-electron chi connectivity index (χ4n) is 1.88. The molecule has 0 saturated heterocycles. The van der Waals surface area contributed by atoms with Gasteiger partial charge in [0.05, 0.1) is 5.56 Å². The molecule has 2 aromatic carbocycles. The Hall–Kier alpha value is -2.66. The Morgan fingerprint density at radius 2 is 1.67 bits per heavy atom. The van der Waals surface area contributed by atoms with Crippen molar-refractivity contribution < 1.29 is 14.7 Å². The monoisotopic (exact) mass is 284 g/mol. The number of rotatable bonds is 5. The molecule has 1 atom stereocenters. The van der Waals surface area contributed by atoms with E-state index in [0.29, 0.717) is 6.54 Å². The van der Waals surface area contributed by atoms with Gasteiger partial charge in [0.25, 0.3) is 0 Å². The molecule has 0 aliphatic heterocycles. The van der Waals surface area contributed by atoms with Crippen LogP contribution in [-0.4, -0.2) is 17.0 Å². The third-order valence-electron chi connectivity index (χ3n) is 3.11. The standard InChI is InChI=1S/C16H16N2O3/c17-14(12-4-2-1-3-5-12)15(19)18-10-11-6-8-13(9-7-11)16(20)21/h1-9,14H,10,17H2,(H,18,19)(H,20,21)/t14-/m0/s1. The highest BCUT2D eigenvalue weighted by Crippen LogP contribution is 2.10. The number of carbonyl (C=O) groups is 2. The molecule has 0 bridgehead atoms. The number of hydrogen-bond donors (Lipinski definition) is 3. The van der Waals surface area contributed by atoms with Gasteiger partial charge in [-0.05, 0) is 23.3 Å². The minimum absolute atomic E-state index is 0.214. The van der Waals surface area contributed by atoms with E-state index in [2.05, 4.69) is 5.32 Å². The Balaban J connectivity index is 1.93. The highest BCUT2D eigenvalue weighted by atomic mass is 16.4. The van der Waals surface area contributed by atoms with Crippen molar-refractivity contribution in [1.29, 1.82) is 0 Å². The van der Waals surface area contributed by atoms with Crippen LogP contribution < -0.4 is 11.1 Å². The van der Waals surface area contributed by atoms with Crippen LogP contribution in [0.4, 0.5) is 0 Å². The molecule has 21 heavy (non-hydrogen) atoms. The van der Waals surface area contributed by atoms with Crippen LogP contribution in [0.15, 0.2) is 54.6 Å². The SMILES string of the molecule is N[C@H](C(=O)NCc1ccc(C(=O)O)cc1)c1ccccc1. The fourth-order valence-corrected chi connectivity index (χ4v) is 1.88. The molecular weight excluding hydrogens is 268 g/mol. The molecule has 5 heteroatoms. The zero-order valence-electron chi connectivity index (χ0n) is 11.3. The molecule has 108 valence electrons. The molecule has 0 heterocycles. The van der Waals surface area contributed by atoms with Crippen molar-refractivity contribution in [3.63, 3.8) is 0 Å². The molecule has 0 fully saturated rings. The highest BCUT2D eigenvalue weighted by Gasteiger charge is 2.14. The molecule has 0 aliphatic carbocycles. The number of carboxylic acid groups (broad SMARTS) is 1. The first-order chi connectivity index (χ1) is 10.1. The maximum Gasteiger partial charge on any atom is 0.335 e. The number of nitrogens with one attached hydrogen (secondary N) is 1. The van der Waals surface area contributed by atoms with Crippen LogP contribution in [0.3, 0.4) is 0 Å². The van der Waals surface area contributed by atoms with E-state index in [0.717, 1.165) is 11.1 Å². The Kier molecular flexibility index (Phi) is 4.68. The minimum atomic E-state index is -0.975. The summed E-state index contributed by atoms with van der Waals surface area (Å²) in [5.41, 5.74) is 7.65. The average Bonchev–Trinajstić information content (AvgIpc) is 2.53. The maximum atomic E-state index is 12.0. The van der Waals surface area contributed by atoms with Gasteiger partial charge in [-0.15, -0.1) is 0 Å². The number of amides is 1. The molecule has 0 unspecified atom stereocenters. The van der Waals surface area contributed by atoms with Crippen molar-refractivity contribution >= 4 is 11.9 Å². The number of carboxylic acids is 1. The van der Waals surface area contributed by atoms with E-state index >= 15 is 0 Å². The Labute approximate surface area is 122 Å². The first-order valence-electron chi connectivity index (χ1n) is 6.48. The predicted octanol–water partition coefficient (Wildman–Crippen LogP) is 1.70. The lowest BCUT2D eigenvalue weighted by Gasteiger charge is -2.12. The lowest BCUT2D eigenvalue weighted by Crippen LogP contribution is -2.33. The van der Waals surface area contributed by atoms with Crippen molar-refractivity contribution in [3.8, 4) is 0 Å². The highest BCUT2D eigenvalue weighted by molar-refractivity contribution is 5.87. The van der Waals surface area contributed by atoms with Crippen molar-refractivity contribution in [2.24, 2.45) is 5.73 Å². The molecule has 2 aromatic rings. The Morgan fingerprint density at radius 3 is 2.24 bits per heavy atom. The third kappa shape index (κ3) is 3.90. The summed E-state index contributed by atoms with van der Waals surface area (Å²) in [5.74, 6) is -1.25. The number of aromatic carboxylic acids is 1. The summed E-state index contributed by atoms with van der Waals surface area (Å²) in [6.45, 7) is 0.305. The van der Waals surface area contributed by atoms with Crippen LogP contribution in [0.2, 0.25) is 0 Å². The smallest absolute Gasteiger partial charge is 0.335 e. The average molecular weight is 284 g/mol. The van der Waals surface area contributed by atoms with E-state index in [9.17, 15) is 9.59 Å². The second-order valence-electron chi connectivity index (χ2n) is 4.61. The van der Waals surface area contributed by atoms with Crippen LogP contribution in [-0.2, 0) is 11.3 Å². The molecular formula is C16H16N2O3. The van der Waals surface area contributed by atoms with Gasteiger partial charge in [0.1, 0.15) is 6.04 Å². The molecule has 4 N–H and O–H groups in total. The van der Waals surface area contributed by atoms with Crippen molar-refractivity contribution in [3.05, 3.63) is 71.3 Å². The molecule has 0 aliphatic rings. The van der Waals surface area contributed by atoms with Crippen LogP contribution in [0.25, 0.3) is 0 Å². The van der Waals surface area contributed by atoms with Gasteiger partial charge in [-0.2, -0.15) is 0 Å². The van der Waals surface area contributed by atoms with E-state index in [1.807, 2.05) is 18.2 Å². The second kappa shape index (κ2) is 6.67. The van der Waals surface area contributed by atoms with Crippen LogP contribution in [0.1, 0.15) is 27.5 Å². The molecule has 2 rings (SSSR count). The van der Waals surface area contributed by atoms with Gasteiger partial charge in [-0.25, -0.2) is 4.79 Å². The first-order valence-corrected chi connectivity index (χ1v) is 6.48. The normalized spacial score (nSPS) is 11.7. The molecule has 0 spiro atoms. The van der Waals surface area contributed by atoms with E-state index in [4.69, 9.17) is 10.8 Å². The van der Waals surface area contributed by atoms with Gasteiger partial charge in [0.2, 0.25) is 5.91 Å². The quantitative estimate of drug-likeness (QED) is 0.779. The minimum Gasteiger partial charge on any atom is -0.478 e. The third-order valence-corrected chi connectivity index (χ3v) is 3.11. The summed E-state index contributed by atoms with van der Waals surface area (Å²) in [7, 11) is 0. The Morgan fingerprint density at radius 1 is 1.05 bits per heavy atom. The summed E-state index contributed by atoms with van der Waals surface area (Å²) in [4.78, 5) is 22.7. The summed E-state index contributed by atoms with van der Waals surface area (Å²) in [6.07, 6.45) is 0. The molecule has 0 radical (unpaired) electrons. The van der Waals surface area contributed by atoms with Gasteiger partial charge in [-0.1, -0.05) is 42.5 Å². The summed E-state index contributed by atoms with van der Waals surface area (Å²) in [6, 6.07) is 14.7. The van der Waals surface area contributed by atoms with Gasteiger partial charge < -0.3 is 16.2 Å². The lowest BCUT2D eigenvalue weighted by atomic mass is 10.1. The van der Waals surface area contributed by atoms with Gasteiger partial charge >= 0.3 is 5.97 Å². The van der Waals surface area contributed by atoms with Crippen molar-refractivity contribution in [2.45, 2.75) is 12.6 Å². The van der Waals surface area contributed by atoms with Gasteiger partial charge in [-0.3, -0.25) is 4.79 Å². The number of hydrogen-bond acceptors (Lipinski definition) is 3. The number of carbonyl (C=O) groups excluding carboxylic acids is 1. The van der Waals surface area contributed by atoms with Gasteiger partial charge in [0.15, 0.2) is 0 Å². The zero-order valence-corrected chi connectivity index (χ0v) is 11.3. The van der Waals surface area contributed by atoms with Crippen molar-refractivity contribution in [1.82, 2.24) is 5.32 Å². The fraction of sp³-hybridized carbons (Fsp3) is 0.125. The predicted molar refractivity (Wildman–Crippen MR) is 78.6 cm³/mol. The number of nitrogens with two attached hydrogens (primary N) is 1. The maximum absolute atomic E-state index is 12.0. The topological polar surface area (TPSA) is 92.4 Å². The molecule has 5 nitrogen and oxygen atoms in total. The van der Waals surface area contributed by atoms with Crippen LogP contribution >= 0.6 is 0 Å². The largest absolute Gasteiger partial charge is 0.478 e.